The number of carbonyl (C=O) groups is 4. The molecule has 1 heterocycles. The molecule has 1 aliphatic heterocycles. The van der Waals surface area contributed by atoms with Gasteiger partial charge in [0.05, 0.1) is 32.4 Å². The molecule has 32 heavy (non-hydrogen) atoms. The molecular weight excluding hydrogens is 455 g/mol. The molecule has 2 N–H and O–H groups in total. The molecular formula is C23H14Cl2N2O5. The summed E-state index contributed by atoms with van der Waals surface area (Å²) in [6.07, 6.45) is 0. The molecule has 0 unspecified atom stereocenters. The number of nitrogens with two attached hydrogens (primary N) is 1. The van der Waals surface area contributed by atoms with Gasteiger partial charge in [-0.05, 0) is 54.1 Å². The molecule has 160 valence electrons. The molecule has 0 saturated heterocycles. The lowest BCUT2D eigenvalue weighted by atomic mass is 10.1. The van der Waals surface area contributed by atoms with Gasteiger partial charge in [-0.15, -0.1) is 0 Å². The number of halogens is 2. The summed E-state index contributed by atoms with van der Waals surface area (Å²) in [7, 11) is 0. The van der Waals surface area contributed by atoms with Gasteiger partial charge in [0.15, 0.2) is 0 Å². The van der Waals surface area contributed by atoms with E-state index in [9.17, 15) is 19.2 Å². The van der Waals surface area contributed by atoms with E-state index in [0.717, 1.165) is 4.90 Å². The van der Waals surface area contributed by atoms with Gasteiger partial charge in [0.2, 0.25) is 5.91 Å². The number of ether oxygens (including phenoxy) is 1. The zero-order valence-corrected chi connectivity index (χ0v) is 17.8. The van der Waals surface area contributed by atoms with Gasteiger partial charge < -0.3 is 10.5 Å². The Morgan fingerprint density at radius 3 is 2.12 bits per heavy atom. The van der Waals surface area contributed by atoms with Gasteiger partial charge in [0.1, 0.15) is 6.61 Å². The number of nitrogens with zero attached hydrogens (tertiary/aromatic N) is 1. The average Bonchev–Trinajstić information content (AvgIpc) is 3.04. The molecule has 0 aliphatic carbocycles. The number of hydrogen-bond donors (Lipinski definition) is 1. The fourth-order valence-electron chi connectivity index (χ4n) is 3.22. The van der Waals surface area contributed by atoms with Crippen LogP contribution in [-0.4, -0.2) is 23.7 Å². The molecule has 0 saturated carbocycles. The van der Waals surface area contributed by atoms with Crippen molar-refractivity contribution in [1.29, 1.82) is 0 Å². The highest BCUT2D eigenvalue weighted by molar-refractivity contribution is 6.42. The van der Waals surface area contributed by atoms with Crippen molar-refractivity contribution < 1.29 is 23.9 Å². The van der Waals surface area contributed by atoms with Crippen LogP contribution in [0.3, 0.4) is 0 Å². The third-order valence-corrected chi connectivity index (χ3v) is 5.63. The van der Waals surface area contributed by atoms with Crippen LogP contribution in [0, 0.1) is 0 Å². The third kappa shape index (κ3) is 3.95. The number of imide groups is 1. The molecule has 3 aromatic carbocycles. The highest BCUT2D eigenvalue weighted by atomic mass is 35.5. The van der Waals surface area contributed by atoms with Crippen LogP contribution in [0.4, 0.5) is 5.69 Å². The van der Waals surface area contributed by atoms with E-state index >= 15 is 0 Å². The molecule has 0 radical (unpaired) electrons. The Labute approximate surface area is 192 Å². The quantitative estimate of drug-likeness (QED) is 0.444. The van der Waals surface area contributed by atoms with Gasteiger partial charge >= 0.3 is 5.97 Å². The maximum Gasteiger partial charge on any atom is 0.338 e. The summed E-state index contributed by atoms with van der Waals surface area (Å²) in [6.45, 7) is -0.0444. The van der Waals surface area contributed by atoms with Crippen molar-refractivity contribution in [2.24, 2.45) is 5.73 Å². The number of hydrogen-bond acceptors (Lipinski definition) is 5. The summed E-state index contributed by atoms with van der Waals surface area (Å²) < 4.78 is 5.28. The molecule has 3 aromatic rings. The minimum Gasteiger partial charge on any atom is -0.457 e. The Balaban J connectivity index is 1.52. The van der Waals surface area contributed by atoms with Crippen LogP contribution in [-0.2, 0) is 11.3 Å². The highest BCUT2D eigenvalue weighted by Crippen LogP contribution is 2.33. The van der Waals surface area contributed by atoms with Gasteiger partial charge in [-0.1, -0.05) is 35.3 Å². The number of carbonyl (C=O) groups excluding carboxylic acids is 4. The van der Waals surface area contributed by atoms with Gasteiger partial charge in [-0.25, -0.2) is 9.69 Å². The van der Waals surface area contributed by atoms with Crippen molar-refractivity contribution in [3.8, 4) is 0 Å². The molecule has 3 amide bonds. The van der Waals surface area contributed by atoms with E-state index in [4.69, 9.17) is 33.7 Å². The molecule has 4 rings (SSSR count). The van der Waals surface area contributed by atoms with Crippen molar-refractivity contribution >= 4 is 52.6 Å². The number of benzene rings is 3. The van der Waals surface area contributed by atoms with Crippen LogP contribution in [0.25, 0.3) is 0 Å². The van der Waals surface area contributed by atoms with E-state index in [1.807, 2.05) is 0 Å². The summed E-state index contributed by atoms with van der Waals surface area (Å²) in [5.74, 6) is -2.33. The largest absolute Gasteiger partial charge is 0.457 e. The number of primary amides is 1. The second-order valence-corrected chi connectivity index (χ2v) is 7.76. The van der Waals surface area contributed by atoms with E-state index < -0.39 is 23.7 Å². The summed E-state index contributed by atoms with van der Waals surface area (Å²) in [5.41, 5.74) is 6.84. The minimum absolute atomic E-state index is 0.0444. The molecule has 1 aliphatic rings. The van der Waals surface area contributed by atoms with E-state index in [2.05, 4.69) is 0 Å². The molecule has 9 heteroatoms. The zero-order chi connectivity index (χ0) is 23.0. The van der Waals surface area contributed by atoms with E-state index in [1.165, 1.54) is 48.5 Å². The molecule has 0 atom stereocenters. The molecule has 0 aromatic heterocycles. The second kappa shape index (κ2) is 8.45. The SMILES string of the molecule is NC(=O)c1ccc(COC(=O)c2ccc3c(c2)C(=O)N(c2ccc(Cl)c(Cl)c2)C3=O)cc1. The van der Waals surface area contributed by atoms with Crippen LogP contribution in [0.5, 0.6) is 0 Å². The second-order valence-electron chi connectivity index (χ2n) is 6.94. The van der Waals surface area contributed by atoms with E-state index in [-0.39, 0.29) is 34.0 Å². The Bertz CT molecular complexity index is 1290. The first kappa shape index (κ1) is 21.5. The lowest BCUT2D eigenvalue weighted by molar-refractivity contribution is 0.0472. The fraction of sp³-hybridized carbons (Fsp3) is 0.0435. The van der Waals surface area contributed by atoms with Gasteiger partial charge in [-0.3, -0.25) is 14.4 Å². The summed E-state index contributed by atoms with van der Waals surface area (Å²) in [5, 5.41) is 0.496. The maximum atomic E-state index is 12.9. The van der Waals surface area contributed by atoms with Crippen LogP contribution >= 0.6 is 23.2 Å². The van der Waals surface area contributed by atoms with E-state index in [1.54, 1.807) is 12.1 Å². The minimum atomic E-state index is -0.667. The summed E-state index contributed by atoms with van der Waals surface area (Å²) in [4.78, 5) is 50.2. The average molecular weight is 469 g/mol. The predicted molar refractivity (Wildman–Crippen MR) is 118 cm³/mol. The predicted octanol–water partition coefficient (Wildman–Crippen LogP) is 4.25. The smallest absolute Gasteiger partial charge is 0.338 e. The monoisotopic (exact) mass is 468 g/mol. The Hall–Kier alpha value is -3.68. The third-order valence-electron chi connectivity index (χ3n) is 4.89. The number of fused-ring (bicyclic) bond motifs is 1. The first-order valence-corrected chi connectivity index (χ1v) is 10.1. The first-order valence-electron chi connectivity index (χ1n) is 9.30. The van der Waals surface area contributed by atoms with E-state index in [0.29, 0.717) is 16.1 Å². The number of amides is 3. The Kier molecular flexibility index (Phi) is 5.69. The Morgan fingerprint density at radius 1 is 0.812 bits per heavy atom. The summed E-state index contributed by atoms with van der Waals surface area (Å²) in [6, 6.07) is 14.9. The molecule has 0 spiro atoms. The number of anilines is 1. The first-order chi connectivity index (χ1) is 15.3. The number of rotatable bonds is 5. The lowest BCUT2D eigenvalue weighted by Crippen LogP contribution is -2.29. The number of esters is 1. The zero-order valence-electron chi connectivity index (χ0n) is 16.3. The maximum absolute atomic E-state index is 12.9. The normalized spacial score (nSPS) is 12.6. The molecule has 0 bridgehead atoms. The summed E-state index contributed by atoms with van der Waals surface area (Å²) >= 11 is 11.9. The molecule has 7 nitrogen and oxygen atoms in total. The van der Waals surface area contributed by atoms with Crippen LogP contribution < -0.4 is 10.6 Å². The van der Waals surface area contributed by atoms with Crippen molar-refractivity contribution in [3.63, 3.8) is 0 Å². The van der Waals surface area contributed by atoms with Crippen molar-refractivity contribution in [2.45, 2.75) is 6.61 Å². The van der Waals surface area contributed by atoms with Crippen LogP contribution in [0.2, 0.25) is 10.0 Å². The lowest BCUT2D eigenvalue weighted by Gasteiger charge is -2.14. The van der Waals surface area contributed by atoms with Gasteiger partial charge in [0, 0.05) is 5.56 Å². The van der Waals surface area contributed by atoms with Gasteiger partial charge in [0.25, 0.3) is 11.8 Å². The molecule has 0 fully saturated rings. The van der Waals surface area contributed by atoms with Crippen molar-refractivity contribution in [2.75, 3.05) is 4.90 Å². The fourth-order valence-corrected chi connectivity index (χ4v) is 3.52. The van der Waals surface area contributed by atoms with Crippen molar-refractivity contribution in [1.82, 2.24) is 0 Å². The van der Waals surface area contributed by atoms with Crippen LogP contribution in [0.1, 0.15) is 47.0 Å². The van der Waals surface area contributed by atoms with Crippen molar-refractivity contribution in [3.05, 3.63) is 98.5 Å². The standard InChI is InChI=1S/C23H14Cl2N2O5/c24-18-8-6-15(10-19(18)25)27-21(29)16-7-5-14(9-17(16)22(27)30)23(31)32-11-12-1-3-13(4-2-12)20(26)28/h1-10H,11H2,(H2,26,28). The Morgan fingerprint density at radius 2 is 1.47 bits per heavy atom. The highest BCUT2D eigenvalue weighted by Gasteiger charge is 2.37. The van der Waals surface area contributed by atoms with Gasteiger partial charge in [-0.2, -0.15) is 0 Å². The van der Waals surface area contributed by atoms with Crippen LogP contribution in [0.15, 0.2) is 60.7 Å². The topological polar surface area (TPSA) is 107 Å².